The van der Waals surface area contributed by atoms with Crippen LogP contribution >= 0.6 is 0 Å². The van der Waals surface area contributed by atoms with Crippen LogP contribution in [0.4, 0.5) is 10.1 Å². The molecule has 5 heteroatoms. The zero-order valence-corrected chi connectivity index (χ0v) is 8.27. The molecule has 0 atom stereocenters. The molecule has 0 saturated carbocycles. The maximum Gasteiger partial charge on any atom is 0.132 e. The molecule has 0 radical (unpaired) electrons. The Morgan fingerprint density at radius 3 is 3.00 bits per heavy atom. The first kappa shape index (κ1) is 11.1. The monoisotopic (exact) mass is 207 g/mol. The number of hydrogen-bond acceptors (Lipinski definition) is 2. The Bertz CT molecular complexity index is 425. The normalized spacial score (nSPS) is 9.20. The quantitative estimate of drug-likeness (QED) is 0.321. The number of ether oxygens (including phenoxy) is 1. The van der Waals surface area contributed by atoms with Crippen molar-refractivity contribution in [2.75, 3.05) is 6.61 Å². The Morgan fingerprint density at radius 2 is 2.40 bits per heavy atom. The van der Waals surface area contributed by atoms with E-state index in [1.165, 1.54) is 18.2 Å². The maximum atomic E-state index is 12.9. The third kappa shape index (κ3) is 3.32. The van der Waals surface area contributed by atoms with Crippen LogP contribution < -0.4 is 4.74 Å². The molecule has 0 bridgehead atoms. The summed E-state index contributed by atoms with van der Waals surface area (Å²) in [6.45, 7) is 5.69. The lowest BCUT2D eigenvalue weighted by molar-refractivity contribution is 0.352. The van der Waals surface area contributed by atoms with Gasteiger partial charge < -0.3 is 4.74 Å². The van der Waals surface area contributed by atoms with Gasteiger partial charge in [-0.1, -0.05) is 11.7 Å². The second-order valence-electron chi connectivity index (χ2n) is 3.05. The molecule has 4 nitrogen and oxygen atoms in total. The van der Waals surface area contributed by atoms with Crippen LogP contribution in [0.25, 0.3) is 10.4 Å². The summed E-state index contributed by atoms with van der Waals surface area (Å²) in [5.41, 5.74) is 9.34. The summed E-state index contributed by atoms with van der Waals surface area (Å²) in [5.74, 6) is -0.223. The third-order valence-corrected chi connectivity index (χ3v) is 1.55. The first-order valence-electron chi connectivity index (χ1n) is 4.25. The van der Waals surface area contributed by atoms with Crippen LogP contribution in [-0.2, 0) is 0 Å². The van der Waals surface area contributed by atoms with E-state index < -0.39 is 5.82 Å². The number of nitrogens with zero attached hydrogens (tertiary/aromatic N) is 3. The Morgan fingerprint density at radius 1 is 1.67 bits per heavy atom. The second-order valence-corrected chi connectivity index (χ2v) is 3.05. The van der Waals surface area contributed by atoms with Crippen LogP contribution in [0, 0.1) is 5.82 Å². The summed E-state index contributed by atoms with van der Waals surface area (Å²) in [4.78, 5) is 2.62. The molecule has 1 rings (SSSR count). The van der Waals surface area contributed by atoms with Gasteiger partial charge in [0.2, 0.25) is 0 Å². The van der Waals surface area contributed by atoms with Crippen molar-refractivity contribution in [1.82, 2.24) is 0 Å². The average molecular weight is 207 g/mol. The van der Waals surface area contributed by atoms with Gasteiger partial charge in [0.15, 0.2) is 0 Å². The molecule has 15 heavy (non-hydrogen) atoms. The average Bonchev–Trinajstić information content (AvgIpc) is 2.18. The van der Waals surface area contributed by atoms with Gasteiger partial charge in [0.05, 0.1) is 5.69 Å². The Labute approximate surface area is 86.6 Å². The smallest absolute Gasteiger partial charge is 0.132 e. The number of halogens is 1. The Hall–Kier alpha value is -2.00. The van der Waals surface area contributed by atoms with Crippen LogP contribution in [0.15, 0.2) is 35.5 Å². The topological polar surface area (TPSA) is 58.0 Å². The molecule has 1 aromatic carbocycles. The van der Waals surface area contributed by atoms with E-state index in [9.17, 15) is 4.39 Å². The first-order chi connectivity index (χ1) is 7.13. The maximum absolute atomic E-state index is 12.9. The van der Waals surface area contributed by atoms with Crippen molar-refractivity contribution in [1.29, 1.82) is 0 Å². The van der Waals surface area contributed by atoms with Crippen molar-refractivity contribution >= 4 is 5.69 Å². The highest BCUT2D eigenvalue weighted by Crippen LogP contribution is 2.28. The fourth-order valence-corrected chi connectivity index (χ4v) is 0.935. The molecule has 0 aromatic heterocycles. The van der Waals surface area contributed by atoms with Gasteiger partial charge in [0.25, 0.3) is 0 Å². The molecule has 78 valence electrons. The number of benzene rings is 1. The van der Waals surface area contributed by atoms with Crippen LogP contribution in [-0.4, -0.2) is 6.61 Å². The van der Waals surface area contributed by atoms with E-state index in [0.29, 0.717) is 0 Å². The van der Waals surface area contributed by atoms with E-state index in [4.69, 9.17) is 10.3 Å². The van der Waals surface area contributed by atoms with Gasteiger partial charge in [-0.3, -0.25) is 0 Å². The van der Waals surface area contributed by atoms with E-state index in [1.54, 1.807) is 6.92 Å². The van der Waals surface area contributed by atoms with Gasteiger partial charge in [0.1, 0.15) is 18.2 Å². The minimum absolute atomic E-state index is 0.218. The Balaban J connectivity index is 2.96. The molecule has 0 spiro atoms. The molecule has 0 unspecified atom stereocenters. The van der Waals surface area contributed by atoms with E-state index in [0.717, 1.165) is 5.57 Å². The number of hydrogen-bond donors (Lipinski definition) is 0. The van der Waals surface area contributed by atoms with Gasteiger partial charge in [-0.05, 0) is 30.2 Å². The standard InChI is InChI=1S/C10H10FN3O/c1-7(2)6-15-10-5-8(11)3-4-9(10)13-14-12/h3-5H,1,6H2,2H3. The van der Waals surface area contributed by atoms with Crippen molar-refractivity contribution in [3.05, 3.63) is 46.6 Å². The summed E-state index contributed by atoms with van der Waals surface area (Å²) in [7, 11) is 0. The summed E-state index contributed by atoms with van der Waals surface area (Å²) >= 11 is 0. The second kappa shape index (κ2) is 5.02. The number of rotatable bonds is 4. The van der Waals surface area contributed by atoms with Gasteiger partial charge in [-0.25, -0.2) is 4.39 Å². The Kier molecular flexibility index (Phi) is 3.71. The fraction of sp³-hybridized carbons (Fsp3) is 0.200. The molecule has 0 N–H and O–H groups in total. The fourth-order valence-electron chi connectivity index (χ4n) is 0.935. The molecular formula is C10H10FN3O. The van der Waals surface area contributed by atoms with E-state index in [-0.39, 0.29) is 18.0 Å². The van der Waals surface area contributed by atoms with Crippen molar-refractivity contribution in [3.63, 3.8) is 0 Å². The van der Waals surface area contributed by atoms with E-state index in [1.807, 2.05) is 0 Å². The lowest BCUT2D eigenvalue weighted by Gasteiger charge is -2.08. The highest BCUT2D eigenvalue weighted by atomic mass is 19.1. The largest absolute Gasteiger partial charge is 0.489 e. The summed E-state index contributed by atoms with van der Waals surface area (Å²) < 4.78 is 18.1. The van der Waals surface area contributed by atoms with Crippen LogP contribution in [0.2, 0.25) is 0 Å². The van der Waals surface area contributed by atoms with Crippen molar-refractivity contribution in [3.8, 4) is 5.75 Å². The van der Waals surface area contributed by atoms with Crippen LogP contribution in [0.3, 0.4) is 0 Å². The lowest BCUT2D eigenvalue weighted by Crippen LogP contribution is -1.98. The summed E-state index contributed by atoms with van der Waals surface area (Å²) in [6, 6.07) is 3.74. The molecule has 0 saturated heterocycles. The molecule has 0 heterocycles. The predicted octanol–water partition coefficient (Wildman–Crippen LogP) is 3.72. The molecule has 0 aliphatic carbocycles. The summed E-state index contributed by atoms with van der Waals surface area (Å²) in [6.07, 6.45) is 0. The minimum atomic E-state index is -0.441. The highest BCUT2D eigenvalue weighted by molar-refractivity contribution is 5.51. The molecular weight excluding hydrogens is 197 g/mol. The van der Waals surface area contributed by atoms with Gasteiger partial charge in [0, 0.05) is 11.0 Å². The van der Waals surface area contributed by atoms with Gasteiger partial charge in [-0.2, -0.15) is 0 Å². The third-order valence-electron chi connectivity index (χ3n) is 1.55. The zero-order valence-electron chi connectivity index (χ0n) is 8.27. The number of azide groups is 1. The molecule has 0 aliphatic rings. The minimum Gasteiger partial charge on any atom is -0.489 e. The molecule has 1 aromatic rings. The molecule has 0 amide bonds. The lowest BCUT2D eigenvalue weighted by atomic mass is 10.3. The first-order valence-corrected chi connectivity index (χ1v) is 4.25. The van der Waals surface area contributed by atoms with Crippen LogP contribution in [0.5, 0.6) is 5.75 Å². The van der Waals surface area contributed by atoms with Gasteiger partial charge >= 0.3 is 0 Å². The van der Waals surface area contributed by atoms with E-state index >= 15 is 0 Å². The molecule has 0 fully saturated rings. The van der Waals surface area contributed by atoms with Gasteiger partial charge in [-0.15, -0.1) is 0 Å². The highest BCUT2D eigenvalue weighted by Gasteiger charge is 2.03. The van der Waals surface area contributed by atoms with Crippen molar-refractivity contribution < 1.29 is 9.13 Å². The zero-order chi connectivity index (χ0) is 11.3. The summed E-state index contributed by atoms with van der Waals surface area (Å²) in [5, 5.41) is 3.38. The van der Waals surface area contributed by atoms with E-state index in [2.05, 4.69) is 16.6 Å². The van der Waals surface area contributed by atoms with Crippen LogP contribution in [0.1, 0.15) is 6.92 Å². The molecule has 0 aliphatic heterocycles. The SMILES string of the molecule is C=C(C)COc1cc(F)ccc1N=[N+]=[N-]. The predicted molar refractivity (Wildman–Crippen MR) is 55.5 cm³/mol. The van der Waals surface area contributed by atoms with Crippen molar-refractivity contribution in [2.24, 2.45) is 5.11 Å². The van der Waals surface area contributed by atoms with Crippen molar-refractivity contribution in [2.45, 2.75) is 6.92 Å².